The van der Waals surface area contributed by atoms with E-state index in [0.29, 0.717) is 43.9 Å². The summed E-state index contributed by atoms with van der Waals surface area (Å²) in [6.07, 6.45) is 6.28. The number of piperidine rings is 1. The Labute approximate surface area is 191 Å². The molecule has 2 aliphatic heterocycles. The first-order chi connectivity index (χ1) is 16.1. The van der Waals surface area contributed by atoms with Crippen LogP contribution in [0.25, 0.3) is 5.65 Å². The fraction of sp³-hybridized carbons (Fsp3) is 0.417. The number of aromatic nitrogens is 2. The Morgan fingerprint density at radius 1 is 1.06 bits per heavy atom. The molecule has 5 rings (SSSR count). The highest BCUT2D eigenvalue weighted by Crippen LogP contribution is 2.22. The Morgan fingerprint density at radius 2 is 1.91 bits per heavy atom. The van der Waals surface area contributed by atoms with E-state index in [1.54, 1.807) is 23.2 Å². The zero-order chi connectivity index (χ0) is 22.8. The third-order valence-electron chi connectivity index (χ3n) is 6.52. The zero-order valence-electron chi connectivity index (χ0n) is 18.4. The number of rotatable bonds is 4. The van der Waals surface area contributed by atoms with Crippen molar-refractivity contribution in [3.8, 4) is 0 Å². The Kier molecular flexibility index (Phi) is 5.95. The molecule has 2 fully saturated rings. The monoisotopic (exact) mass is 449 g/mol. The van der Waals surface area contributed by atoms with Crippen LogP contribution in [0.3, 0.4) is 0 Å². The lowest BCUT2D eigenvalue weighted by Gasteiger charge is -2.39. The lowest BCUT2D eigenvalue weighted by molar-refractivity contribution is -0.138. The fourth-order valence-corrected chi connectivity index (χ4v) is 4.73. The van der Waals surface area contributed by atoms with Gasteiger partial charge in [0.2, 0.25) is 5.91 Å². The Hall–Kier alpha value is -3.46. The van der Waals surface area contributed by atoms with Crippen LogP contribution in [0.1, 0.15) is 28.9 Å². The molecule has 9 nitrogen and oxygen atoms in total. The molecular weight excluding hydrogens is 422 g/mol. The molecule has 1 unspecified atom stereocenters. The van der Waals surface area contributed by atoms with Gasteiger partial charge in [-0.25, -0.2) is 4.98 Å². The first-order valence-electron chi connectivity index (χ1n) is 11.4. The number of hydrogen-bond acceptors (Lipinski definition) is 6. The van der Waals surface area contributed by atoms with Crippen molar-refractivity contribution in [1.29, 1.82) is 0 Å². The van der Waals surface area contributed by atoms with E-state index in [2.05, 4.69) is 9.88 Å². The molecule has 0 aliphatic carbocycles. The van der Waals surface area contributed by atoms with Crippen LogP contribution in [-0.4, -0.2) is 75.2 Å². The summed E-state index contributed by atoms with van der Waals surface area (Å²) in [5, 5.41) is 0. The molecule has 3 aromatic rings. The number of piperazine rings is 1. The van der Waals surface area contributed by atoms with Crippen molar-refractivity contribution in [3.63, 3.8) is 0 Å². The lowest BCUT2D eigenvalue weighted by Crippen LogP contribution is -2.52. The average molecular weight is 450 g/mol. The smallest absolute Gasteiger partial charge is 0.258 e. The van der Waals surface area contributed by atoms with E-state index in [4.69, 9.17) is 4.42 Å². The van der Waals surface area contributed by atoms with E-state index >= 15 is 0 Å². The predicted molar refractivity (Wildman–Crippen MR) is 121 cm³/mol. The quantitative estimate of drug-likeness (QED) is 0.599. The third-order valence-corrected chi connectivity index (χ3v) is 6.52. The van der Waals surface area contributed by atoms with E-state index in [-0.39, 0.29) is 23.3 Å². The van der Waals surface area contributed by atoms with Gasteiger partial charge in [-0.15, -0.1) is 0 Å². The molecule has 5 heterocycles. The van der Waals surface area contributed by atoms with Crippen molar-refractivity contribution in [2.24, 2.45) is 5.92 Å². The van der Waals surface area contributed by atoms with Crippen LogP contribution < -0.4 is 5.56 Å². The van der Waals surface area contributed by atoms with Crippen LogP contribution in [0.5, 0.6) is 0 Å². The molecule has 172 valence electrons. The first kappa shape index (κ1) is 21.4. The SMILES string of the molecule is O=C(c1ccoc1)N1CCCC(C(=O)N2CCN(Cc3cc(=O)n4ccccc4n3)CC2)C1. The minimum Gasteiger partial charge on any atom is -0.472 e. The molecular formula is C24H27N5O4. The summed E-state index contributed by atoms with van der Waals surface area (Å²) in [6.45, 7) is 4.43. The molecule has 3 aromatic heterocycles. The highest BCUT2D eigenvalue weighted by atomic mass is 16.3. The maximum absolute atomic E-state index is 13.2. The van der Waals surface area contributed by atoms with Crippen molar-refractivity contribution in [3.05, 3.63) is 70.7 Å². The molecule has 9 heteroatoms. The number of fused-ring (bicyclic) bond motifs is 1. The van der Waals surface area contributed by atoms with Crippen LogP contribution in [0.15, 0.2) is 58.3 Å². The van der Waals surface area contributed by atoms with Crippen LogP contribution in [0, 0.1) is 5.92 Å². The van der Waals surface area contributed by atoms with Gasteiger partial charge < -0.3 is 14.2 Å². The van der Waals surface area contributed by atoms with Gasteiger partial charge in [-0.05, 0) is 31.0 Å². The second kappa shape index (κ2) is 9.19. The number of likely N-dealkylation sites (tertiary alicyclic amines) is 1. The molecule has 2 saturated heterocycles. The summed E-state index contributed by atoms with van der Waals surface area (Å²) in [5.74, 6) is -0.116. The van der Waals surface area contributed by atoms with Gasteiger partial charge in [0, 0.05) is 58.1 Å². The summed E-state index contributed by atoms with van der Waals surface area (Å²) in [5.41, 5.74) is 1.82. The Bertz CT molecular complexity index is 1200. The van der Waals surface area contributed by atoms with Gasteiger partial charge in [-0.3, -0.25) is 23.7 Å². The molecule has 0 aromatic carbocycles. The van der Waals surface area contributed by atoms with Gasteiger partial charge >= 0.3 is 0 Å². The summed E-state index contributed by atoms with van der Waals surface area (Å²) in [4.78, 5) is 48.6. The van der Waals surface area contributed by atoms with Crippen molar-refractivity contribution in [2.45, 2.75) is 19.4 Å². The van der Waals surface area contributed by atoms with Gasteiger partial charge in [0.25, 0.3) is 11.5 Å². The van der Waals surface area contributed by atoms with E-state index in [1.165, 1.54) is 16.9 Å². The van der Waals surface area contributed by atoms with Crippen molar-refractivity contribution in [1.82, 2.24) is 24.1 Å². The second-order valence-electron chi connectivity index (χ2n) is 8.72. The van der Waals surface area contributed by atoms with Crippen LogP contribution >= 0.6 is 0 Å². The highest BCUT2D eigenvalue weighted by molar-refractivity contribution is 5.94. The van der Waals surface area contributed by atoms with E-state index in [1.807, 2.05) is 23.1 Å². The van der Waals surface area contributed by atoms with E-state index in [9.17, 15) is 14.4 Å². The minimum atomic E-state index is -0.164. The number of nitrogens with zero attached hydrogens (tertiary/aromatic N) is 5. The van der Waals surface area contributed by atoms with Crippen molar-refractivity contribution < 1.29 is 14.0 Å². The predicted octanol–water partition coefficient (Wildman–Crippen LogP) is 1.48. The Balaban J connectivity index is 1.17. The summed E-state index contributed by atoms with van der Waals surface area (Å²) in [6, 6.07) is 8.74. The highest BCUT2D eigenvalue weighted by Gasteiger charge is 2.33. The minimum absolute atomic E-state index is 0.0788. The Morgan fingerprint density at radius 3 is 2.70 bits per heavy atom. The normalized spacial score (nSPS) is 19.7. The van der Waals surface area contributed by atoms with Crippen molar-refractivity contribution in [2.75, 3.05) is 39.3 Å². The number of carbonyl (C=O) groups is 2. The summed E-state index contributed by atoms with van der Waals surface area (Å²) in [7, 11) is 0. The van der Waals surface area contributed by atoms with Gasteiger partial charge in [0.15, 0.2) is 0 Å². The van der Waals surface area contributed by atoms with Gasteiger partial charge in [0.05, 0.1) is 23.4 Å². The molecule has 2 aliphatic rings. The number of furan rings is 1. The largest absolute Gasteiger partial charge is 0.472 e. The number of hydrogen-bond donors (Lipinski definition) is 0. The molecule has 0 N–H and O–H groups in total. The molecule has 0 bridgehead atoms. The van der Waals surface area contributed by atoms with Crippen LogP contribution in [0.4, 0.5) is 0 Å². The molecule has 1 atom stereocenters. The molecule has 2 amide bonds. The third kappa shape index (κ3) is 4.54. The van der Waals surface area contributed by atoms with Gasteiger partial charge in [-0.2, -0.15) is 0 Å². The standard InChI is InChI=1S/C24H27N5O4/c30-22-14-20(25-21-5-1-2-8-29(21)22)16-26-9-11-27(12-10-26)23(31)18-4-3-7-28(15-18)24(32)19-6-13-33-17-19/h1-2,5-6,8,13-14,17-18H,3-4,7,9-12,15-16H2. The molecule has 0 spiro atoms. The topological polar surface area (TPSA) is 91.4 Å². The fourth-order valence-electron chi connectivity index (χ4n) is 4.73. The maximum atomic E-state index is 13.2. The number of amides is 2. The lowest BCUT2D eigenvalue weighted by atomic mass is 9.95. The van der Waals surface area contributed by atoms with Crippen LogP contribution in [0.2, 0.25) is 0 Å². The maximum Gasteiger partial charge on any atom is 0.258 e. The number of carbonyl (C=O) groups excluding carboxylic acids is 2. The first-order valence-corrected chi connectivity index (χ1v) is 11.4. The zero-order valence-corrected chi connectivity index (χ0v) is 18.4. The summed E-state index contributed by atoms with van der Waals surface area (Å²) < 4.78 is 6.56. The average Bonchev–Trinajstić information content (AvgIpc) is 3.39. The van der Waals surface area contributed by atoms with Gasteiger partial charge in [-0.1, -0.05) is 6.07 Å². The molecule has 0 radical (unpaired) electrons. The van der Waals surface area contributed by atoms with Crippen molar-refractivity contribution >= 4 is 17.5 Å². The van der Waals surface area contributed by atoms with E-state index in [0.717, 1.165) is 31.6 Å². The molecule has 0 saturated carbocycles. The van der Waals surface area contributed by atoms with E-state index < -0.39 is 0 Å². The number of pyridine rings is 1. The summed E-state index contributed by atoms with van der Waals surface area (Å²) >= 11 is 0. The van der Waals surface area contributed by atoms with Crippen LogP contribution in [-0.2, 0) is 11.3 Å². The van der Waals surface area contributed by atoms with Gasteiger partial charge in [0.1, 0.15) is 11.9 Å². The second-order valence-corrected chi connectivity index (χ2v) is 8.72. The molecule has 33 heavy (non-hydrogen) atoms.